The van der Waals surface area contributed by atoms with E-state index in [1.807, 2.05) is 49.9 Å². The number of amides is 2. The van der Waals surface area contributed by atoms with Gasteiger partial charge in [-0.05, 0) is 47.8 Å². The molecule has 156 valence electrons. The average molecular weight is 404 g/mol. The summed E-state index contributed by atoms with van der Waals surface area (Å²) in [6, 6.07) is 13.9. The molecular weight excluding hydrogens is 374 g/mol. The van der Waals surface area contributed by atoms with E-state index in [4.69, 9.17) is 0 Å². The van der Waals surface area contributed by atoms with E-state index in [0.29, 0.717) is 12.4 Å². The molecule has 0 fully saturated rings. The van der Waals surface area contributed by atoms with Crippen molar-refractivity contribution in [2.24, 2.45) is 5.41 Å². The van der Waals surface area contributed by atoms with Gasteiger partial charge in [0.15, 0.2) is 0 Å². The molecule has 1 aliphatic heterocycles. The lowest BCUT2D eigenvalue weighted by molar-refractivity contribution is -0.126. The van der Waals surface area contributed by atoms with Crippen LogP contribution in [0, 0.1) is 5.41 Å². The van der Waals surface area contributed by atoms with Crippen molar-refractivity contribution in [3.05, 3.63) is 71.9 Å². The van der Waals surface area contributed by atoms with Crippen LogP contribution in [0.25, 0.3) is 11.6 Å². The summed E-state index contributed by atoms with van der Waals surface area (Å²) in [5.41, 5.74) is 2.86. The first-order valence-corrected chi connectivity index (χ1v) is 10.3. The fourth-order valence-electron chi connectivity index (χ4n) is 3.15. The lowest BCUT2D eigenvalue weighted by Crippen LogP contribution is -2.30. The Balaban J connectivity index is 1.55. The zero-order chi connectivity index (χ0) is 21.6. The number of aromatic nitrogens is 1. The molecule has 1 N–H and O–H groups in total. The molecule has 0 saturated heterocycles. The van der Waals surface area contributed by atoms with Crippen LogP contribution in [-0.4, -0.2) is 34.8 Å². The van der Waals surface area contributed by atoms with E-state index in [9.17, 15) is 9.59 Å². The van der Waals surface area contributed by atoms with Crippen LogP contribution >= 0.6 is 0 Å². The van der Waals surface area contributed by atoms with Gasteiger partial charge in [-0.3, -0.25) is 9.59 Å². The van der Waals surface area contributed by atoms with E-state index in [2.05, 4.69) is 28.5 Å². The maximum Gasteiger partial charge on any atom is 0.246 e. The minimum Gasteiger partial charge on any atom is -0.339 e. The molecule has 1 aromatic heterocycles. The van der Waals surface area contributed by atoms with Gasteiger partial charge in [0.05, 0.1) is 0 Å². The first kappa shape index (κ1) is 21.5. The molecule has 2 amide bonds. The van der Waals surface area contributed by atoms with Crippen LogP contribution in [0.2, 0.25) is 0 Å². The number of hydrogen-bond donors (Lipinski definition) is 1. The van der Waals surface area contributed by atoms with Crippen LogP contribution < -0.4 is 5.32 Å². The molecule has 3 rings (SSSR count). The number of nitrogens with zero attached hydrogens (tertiary/aromatic N) is 2. The zero-order valence-corrected chi connectivity index (χ0v) is 17.9. The standard InChI is InChI=1S/C25H29N3O2/c1-25(2,3)24(30)27-22-13-11-19(18-26-22)12-14-23(29)28-16-7-10-21(15-17-28)20-8-5-4-6-9-20/h4-6,8-14,18H,7,15-17H2,1-3H3,(H,26,27,30)/b14-12+. The third-order valence-corrected chi connectivity index (χ3v) is 5.02. The average Bonchev–Trinajstić information content (AvgIpc) is 2.99. The van der Waals surface area contributed by atoms with Gasteiger partial charge in [-0.15, -0.1) is 0 Å². The van der Waals surface area contributed by atoms with Crippen LogP contribution in [0.3, 0.4) is 0 Å². The number of carbonyl (C=O) groups is 2. The number of pyridine rings is 1. The van der Waals surface area contributed by atoms with Gasteiger partial charge in [0.2, 0.25) is 11.8 Å². The van der Waals surface area contributed by atoms with Crippen molar-refractivity contribution >= 4 is 29.3 Å². The molecule has 0 unspecified atom stereocenters. The van der Waals surface area contributed by atoms with Crippen molar-refractivity contribution in [1.29, 1.82) is 0 Å². The Hall–Kier alpha value is -3.21. The molecule has 0 spiro atoms. The lowest BCUT2D eigenvalue weighted by atomic mass is 9.96. The molecule has 0 aliphatic carbocycles. The normalized spacial score (nSPS) is 14.9. The van der Waals surface area contributed by atoms with Gasteiger partial charge in [0.1, 0.15) is 5.82 Å². The van der Waals surface area contributed by atoms with Gasteiger partial charge in [-0.25, -0.2) is 4.98 Å². The van der Waals surface area contributed by atoms with E-state index in [1.165, 1.54) is 11.1 Å². The second-order valence-electron chi connectivity index (χ2n) is 8.47. The molecule has 2 aromatic rings. The minimum atomic E-state index is -0.477. The highest BCUT2D eigenvalue weighted by atomic mass is 16.2. The quantitative estimate of drug-likeness (QED) is 0.747. The highest BCUT2D eigenvalue weighted by Gasteiger charge is 2.21. The third kappa shape index (κ3) is 5.89. The van der Waals surface area contributed by atoms with E-state index in [1.54, 1.807) is 24.4 Å². The van der Waals surface area contributed by atoms with Crippen LogP contribution in [0.5, 0.6) is 0 Å². The van der Waals surface area contributed by atoms with Crippen LogP contribution in [0.4, 0.5) is 5.82 Å². The summed E-state index contributed by atoms with van der Waals surface area (Å²) >= 11 is 0. The summed E-state index contributed by atoms with van der Waals surface area (Å²) in [7, 11) is 0. The van der Waals surface area contributed by atoms with Gasteiger partial charge in [0.25, 0.3) is 0 Å². The Bertz CT molecular complexity index is 939. The molecular formula is C25H29N3O2. The molecule has 0 saturated carbocycles. The van der Waals surface area contributed by atoms with Crippen LogP contribution in [-0.2, 0) is 9.59 Å². The van der Waals surface area contributed by atoms with E-state index >= 15 is 0 Å². The molecule has 0 radical (unpaired) electrons. The first-order chi connectivity index (χ1) is 14.3. The molecule has 1 aliphatic rings. The van der Waals surface area contributed by atoms with Gasteiger partial charge in [-0.1, -0.05) is 57.2 Å². The SMILES string of the molecule is CC(C)(C)C(=O)Nc1ccc(/C=C/C(=O)N2CCC=C(c3ccccc3)CC2)cn1. The molecule has 0 bridgehead atoms. The monoisotopic (exact) mass is 403 g/mol. The minimum absolute atomic E-state index is 0.00261. The number of hydrogen-bond acceptors (Lipinski definition) is 3. The van der Waals surface area contributed by atoms with Crippen molar-refractivity contribution < 1.29 is 9.59 Å². The second kappa shape index (κ2) is 9.53. The summed E-state index contributed by atoms with van der Waals surface area (Å²) in [5.74, 6) is 0.423. The number of rotatable bonds is 4. The summed E-state index contributed by atoms with van der Waals surface area (Å²) in [6.07, 6.45) is 8.96. The topological polar surface area (TPSA) is 62.3 Å². The smallest absolute Gasteiger partial charge is 0.246 e. The molecule has 2 heterocycles. The Morgan fingerprint density at radius 2 is 1.83 bits per heavy atom. The predicted octanol–water partition coefficient (Wildman–Crippen LogP) is 4.79. The Morgan fingerprint density at radius 1 is 1.07 bits per heavy atom. The molecule has 5 heteroatoms. The molecule has 1 aromatic carbocycles. The fraction of sp³-hybridized carbons (Fsp3) is 0.320. The largest absolute Gasteiger partial charge is 0.339 e. The number of benzene rings is 1. The van der Waals surface area contributed by atoms with Crippen molar-refractivity contribution in [3.8, 4) is 0 Å². The molecule has 0 atom stereocenters. The zero-order valence-electron chi connectivity index (χ0n) is 17.9. The van der Waals surface area contributed by atoms with E-state index < -0.39 is 5.41 Å². The predicted molar refractivity (Wildman–Crippen MR) is 122 cm³/mol. The van der Waals surface area contributed by atoms with E-state index in [0.717, 1.165) is 24.9 Å². The van der Waals surface area contributed by atoms with Crippen LogP contribution in [0.1, 0.15) is 44.7 Å². The van der Waals surface area contributed by atoms with Crippen LogP contribution in [0.15, 0.2) is 60.8 Å². The van der Waals surface area contributed by atoms with Gasteiger partial charge in [-0.2, -0.15) is 0 Å². The van der Waals surface area contributed by atoms with Gasteiger partial charge < -0.3 is 10.2 Å². The molecule has 5 nitrogen and oxygen atoms in total. The summed E-state index contributed by atoms with van der Waals surface area (Å²) in [4.78, 5) is 30.8. The van der Waals surface area contributed by atoms with E-state index in [-0.39, 0.29) is 11.8 Å². The number of carbonyl (C=O) groups excluding carboxylic acids is 2. The summed E-state index contributed by atoms with van der Waals surface area (Å²) in [6.45, 7) is 6.99. The maximum atomic E-state index is 12.6. The lowest BCUT2D eigenvalue weighted by Gasteiger charge is -2.18. The second-order valence-corrected chi connectivity index (χ2v) is 8.47. The highest BCUT2D eigenvalue weighted by molar-refractivity contribution is 5.94. The number of anilines is 1. The maximum absolute atomic E-state index is 12.6. The number of nitrogens with one attached hydrogen (secondary N) is 1. The Labute approximate surface area is 178 Å². The fourth-order valence-corrected chi connectivity index (χ4v) is 3.15. The van der Waals surface area contributed by atoms with Gasteiger partial charge >= 0.3 is 0 Å². The third-order valence-electron chi connectivity index (χ3n) is 5.02. The van der Waals surface area contributed by atoms with Crippen molar-refractivity contribution in [2.75, 3.05) is 18.4 Å². The van der Waals surface area contributed by atoms with Crippen molar-refractivity contribution in [2.45, 2.75) is 33.6 Å². The molecule has 30 heavy (non-hydrogen) atoms. The summed E-state index contributed by atoms with van der Waals surface area (Å²) < 4.78 is 0. The summed E-state index contributed by atoms with van der Waals surface area (Å²) in [5, 5.41) is 2.80. The Morgan fingerprint density at radius 3 is 2.50 bits per heavy atom. The van der Waals surface area contributed by atoms with Crippen molar-refractivity contribution in [1.82, 2.24) is 9.88 Å². The van der Waals surface area contributed by atoms with Crippen molar-refractivity contribution in [3.63, 3.8) is 0 Å². The first-order valence-electron chi connectivity index (χ1n) is 10.3. The Kier molecular flexibility index (Phi) is 6.83. The van der Waals surface area contributed by atoms with Gasteiger partial charge in [0, 0.05) is 30.8 Å². The highest BCUT2D eigenvalue weighted by Crippen LogP contribution is 2.22.